The number of hydrogen-bond acceptors (Lipinski definition) is 2. The highest BCUT2D eigenvalue weighted by molar-refractivity contribution is 5.33. The molecule has 0 saturated heterocycles. The molecule has 2 nitrogen and oxygen atoms in total. The lowest BCUT2D eigenvalue weighted by molar-refractivity contribution is 0.415. The highest BCUT2D eigenvalue weighted by atomic mass is 16.3. The first kappa shape index (κ1) is 12.5. The number of nitrogens with one attached hydrogen (secondary N) is 1. The van der Waals surface area contributed by atoms with Gasteiger partial charge in [-0.2, -0.15) is 0 Å². The predicted molar refractivity (Wildman–Crippen MR) is 77.1 cm³/mol. The van der Waals surface area contributed by atoms with E-state index in [1.165, 1.54) is 24.0 Å². The summed E-state index contributed by atoms with van der Waals surface area (Å²) in [5.41, 5.74) is 2.96. The fraction of sp³-hybridized carbons (Fsp3) is 0.412. The van der Waals surface area contributed by atoms with Crippen LogP contribution in [-0.4, -0.2) is 0 Å². The summed E-state index contributed by atoms with van der Waals surface area (Å²) in [4.78, 5) is 0. The van der Waals surface area contributed by atoms with E-state index < -0.39 is 0 Å². The Balaban J connectivity index is 1.66. The predicted octanol–water partition coefficient (Wildman–Crippen LogP) is 4.32. The molecule has 19 heavy (non-hydrogen) atoms. The molecule has 0 radical (unpaired) electrons. The maximum Gasteiger partial charge on any atom is 0.120 e. The second kappa shape index (κ2) is 5.22. The smallest absolute Gasteiger partial charge is 0.120 e. The Morgan fingerprint density at radius 3 is 2.68 bits per heavy atom. The molecule has 1 fully saturated rings. The molecule has 0 amide bonds. The van der Waals surface area contributed by atoms with E-state index in [0.717, 1.165) is 24.0 Å². The van der Waals surface area contributed by atoms with Gasteiger partial charge in [0, 0.05) is 6.54 Å². The van der Waals surface area contributed by atoms with Crippen molar-refractivity contribution in [1.82, 2.24) is 5.32 Å². The van der Waals surface area contributed by atoms with Crippen LogP contribution in [0, 0.1) is 6.92 Å². The molecule has 0 spiro atoms. The molecule has 1 saturated carbocycles. The third kappa shape index (κ3) is 2.90. The summed E-state index contributed by atoms with van der Waals surface area (Å²) in [5, 5.41) is 3.56. The molecule has 2 aromatic rings. The number of aryl methyl sites for hydroxylation is 1. The van der Waals surface area contributed by atoms with Gasteiger partial charge in [-0.15, -0.1) is 0 Å². The van der Waals surface area contributed by atoms with Gasteiger partial charge in [-0.1, -0.05) is 24.3 Å². The molecule has 1 N–H and O–H groups in total. The summed E-state index contributed by atoms with van der Waals surface area (Å²) in [5.74, 6) is 2.79. The van der Waals surface area contributed by atoms with E-state index in [-0.39, 0.29) is 6.04 Å². The van der Waals surface area contributed by atoms with E-state index in [4.69, 9.17) is 4.42 Å². The molecule has 1 aliphatic carbocycles. The molecule has 1 heterocycles. The first-order chi connectivity index (χ1) is 9.24. The molecule has 1 aliphatic rings. The van der Waals surface area contributed by atoms with Crippen LogP contribution in [0.25, 0.3) is 0 Å². The zero-order chi connectivity index (χ0) is 13.2. The van der Waals surface area contributed by atoms with Crippen LogP contribution in [0.1, 0.15) is 54.4 Å². The van der Waals surface area contributed by atoms with Crippen LogP contribution in [0.2, 0.25) is 0 Å². The van der Waals surface area contributed by atoms with Gasteiger partial charge in [0.25, 0.3) is 0 Å². The lowest BCUT2D eigenvalue weighted by atomic mass is 10.0. The second-order valence-corrected chi connectivity index (χ2v) is 5.52. The van der Waals surface area contributed by atoms with Crippen molar-refractivity contribution >= 4 is 0 Å². The Kier molecular flexibility index (Phi) is 3.43. The minimum atomic E-state index is 0.251. The molecule has 100 valence electrons. The average molecular weight is 255 g/mol. The second-order valence-electron chi connectivity index (χ2n) is 5.52. The van der Waals surface area contributed by atoms with Crippen LogP contribution in [-0.2, 0) is 6.54 Å². The highest BCUT2D eigenvalue weighted by Gasteiger charge is 2.25. The van der Waals surface area contributed by atoms with Gasteiger partial charge in [0.15, 0.2) is 0 Å². The van der Waals surface area contributed by atoms with Crippen LogP contribution in [0.5, 0.6) is 0 Å². The standard InChI is InChI=1S/C17H21NO/c1-12-7-10-17(19-12)13(2)18-11-15-5-3-4-6-16(15)14-8-9-14/h3-7,10,13-14,18H,8-9,11H2,1-2H3. The Morgan fingerprint density at radius 1 is 1.21 bits per heavy atom. The van der Waals surface area contributed by atoms with Gasteiger partial charge in [-0.05, 0) is 55.9 Å². The van der Waals surface area contributed by atoms with Gasteiger partial charge in [-0.25, -0.2) is 0 Å². The van der Waals surface area contributed by atoms with E-state index in [0.29, 0.717) is 0 Å². The summed E-state index contributed by atoms with van der Waals surface area (Å²) in [6.07, 6.45) is 2.70. The van der Waals surface area contributed by atoms with Crippen LogP contribution in [0.15, 0.2) is 40.8 Å². The molecule has 1 aromatic carbocycles. The van der Waals surface area contributed by atoms with Gasteiger partial charge in [0.2, 0.25) is 0 Å². The van der Waals surface area contributed by atoms with Crippen molar-refractivity contribution in [2.24, 2.45) is 0 Å². The SMILES string of the molecule is Cc1ccc(C(C)NCc2ccccc2C2CC2)o1. The van der Waals surface area contributed by atoms with E-state index in [1.807, 2.05) is 13.0 Å². The summed E-state index contributed by atoms with van der Waals surface area (Å²) >= 11 is 0. The fourth-order valence-electron chi connectivity index (χ4n) is 2.54. The van der Waals surface area contributed by atoms with Crippen LogP contribution >= 0.6 is 0 Å². The first-order valence-electron chi connectivity index (χ1n) is 7.11. The summed E-state index contributed by atoms with van der Waals surface area (Å²) < 4.78 is 5.66. The van der Waals surface area contributed by atoms with Gasteiger partial charge < -0.3 is 9.73 Å². The van der Waals surface area contributed by atoms with Crippen molar-refractivity contribution in [3.8, 4) is 0 Å². The molecular formula is C17H21NO. The third-order valence-electron chi connectivity index (χ3n) is 3.86. The average Bonchev–Trinajstić information content (AvgIpc) is 3.18. The number of benzene rings is 1. The number of rotatable bonds is 5. The molecule has 1 atom stereocenters. The Hall–Kier alpha value is -1.54. The van der Waals surface area contributed by atoms with Crippen molar-refractivity contribution in [3.05, 3.63) is 59.0 Å². The molecule has 1 unspecified atom stereocenters. The van der Waals surface area contributed by atoms with Crippen LogP contribution < -0.4 is 5.32 Å². The Morgan fingerprint density at radius 2 is 2.00 bits per heavy atom. The Labute approximate surface area is 114 Å². The van der Waals surface area contributed by atoms with Gasteiger partial charge in [-0.3, -0.25) is 0 Å². The van der Waals surface area contributed by atoms with Gasteiger partial charge in [0.05, 0.1) is 6.04 Å². The lowest BCUT2D eigenvalue weighted by Crippen LogP contribution is -2.18. The monoisotopic (exact) mass is 255 g/mol. The largest absolute Gasteiger partial charge is 0.465 e. The minimum Gasteiger partial charge on any atom is -0.465 e. The molecule has 2 heteroatoms. The first-order valence-corrected chi connectivity index (χ1v) is 7.11. The molecular weight excluding hydrogens is 234 g/mol. The topological polar surface area (TPSA) is 25.2 Å². The highest BCUT2D eigenvalue weighted by Crippen LogP contribution is 2.41. The molecule has 0 bridgehead atoms. The van der Waals surface area contributed by atoms with Crippen LogP contribution in [0.3, 0.4) is 0 Å². The summed E-state index contributed by atoms with van der Waals surface area (Å²) in [6.45, 7) is 5.05. The lowest BCUT2D eigenvalue weighted by Gasteiger charge is -2.14. The number of hydrogen-bond donors (Lipinski definition) is 1. The van der Waals surface area contributed by atoms with Crippen molar-refractivity contribution in [3.63, 3.8) is 0 Å². The number of furan rings is 1. The van der Waals surface area contributed by atoms with E-state index in [2.05, 4.69) is 42.6 Å². The van der Waals surface area contributed by atoms with Gasteiger partial charge >= 0.3 is 0 Å². The zero-order valence-electron chi connectivity index (χ0n) is 11.6. The van der Waals surface area contributed by atoms with Crippen molar-refractivity contribution in [2.45, 2.75) is 45.2 Å². The minimum absolute atomic E-state index is 0.251. The summed E-state index contributed by atoms with van der Waals surface area (Å²) in [6, 6.07) is 13.1. The Bertz CT molecular complexity index is 554. The molecule has 3 rings (SSSR count). The quantitative estimate of drug-likeness (QED) is 0.861. The van der Waals surface area contributed by atoms with E-state index >= 15 is 0 Å². The van der Waals surface area contributed by atoms with E-state index in [1.54, 1.807) is 0 Å². The van der Waals surface area contributed by atoms with Crippen LogP contribution in [0.4, 0.5) is 0 Å². The maximum atomic E-state index is 5.66. The maximum absolute atomic E-state index is 5.66. The normalized spacial score (nSPS) is 16.5. The summed E-state index contributed by atoms with van der Waals surface area (Å²) in [7, 11) is 0. The fourth-order valence-corrected chi connectivity index (χ4v) is 2.54. The third-order valence-corrected chi connectivity index (χ3v) is 3.86. The zero-order valence-corrected chi connectivity index (χ0v) is 11.6. The van der Waals surface area contributed by atoms with Crippen molar-refractivity contribution in [2.75, 3.05) is 0 Å². The molecule has 1 aromatic heterocycles. The van der Waals surface area contributed by atoms with Crippen molar-refractivity contribution in [1.29, 1.82) is 0 Å². The van der Waals surface area contributed by atoms with Crippen molar-refractivity contribution < 1.29 is 4.42 Å². The van der Waals surface area contributed by atoms with Gasteiger partial charge in [0.1, 0.15) is 11.5 Å². The molecule has 0 aliphatic heterocycles. The van der Waals surface area contributed by atoms with E-state index in [9.17, 15) is 0 Å².